The third kappa shape index (κ3) is 6.25. The summed E-state index contributed by atoms with van der Waals surface area (Å²) in [6.45, 7) is 6.40. The number of benzene rings is 1. The molecule has 2 atom stereocenters. The van der Waals surface area contributed by atoms with Gasteiger partial charge in [-0.25, -0.2) is 9.07 Å². The highest BCUT2D eigenvalue weighted by Crippen LogP contribution is 2.18. The summed E-state index contributed by atoms with van der Waals surface area (Å²) >= 11 is 0. The Labute approximate surface area is 165 Å². The van der Waals surface area contributed by atoms with Crippen molar-refractivity contribution in [3.8, 4) is 0 Å². The molecular weight excluding hydrogens is 371 g/mol. The van der Waals surface area contributed by atoms with Gasteiger partial charge in [0.15, 0.2) is 0 Å². The van der Waals surface area contributed by atoms with Gasteiger partial charge in [0.25, 0.3) is 0 Å². The zero-order valence-electron chi connectivity index (χ0n) is 16.2. The number of carbonyl (C=O) groups is 1. The summed E-state index contributed by atoms with van der Waals surface area (Å²) < 4.78 is 15.0. The molecule has 0 aliphatic rings. The van der Waals surface area contributed by atoms with E-state index in [1.807, 2.05) is 0 Å². The lowest BCUT2D eigenvalue weighted by atomic mass is 10.0. The Hall–Kier alpha value is -2.06. The van der Waals surface area contributed by atoms with Crippen LogP contribution in [0.1, 0.15) is 37.7 Å². The highest BCUT2D eigenvalue weighted by atomic mass is 35.5. The molecule has 150 valence electrons. The lowest BCUT2D eigenvalue weighted by Crippen LogP contribution is -2.39. The number of nitrogens with two attached hydrogens (primary N) is 1. The van der Waals surface area contributed by atoms with Crippen molar-refractivity contribution in [2.75, 3.05) is 13.6 Å². The van der Waals surface area contributed by atoms with Gasteiger partial charge < -0.3 is 10.6 Å². The number of aromatic nitrogens is 4. The van der Waals surface area contributed by atoms with Crippen LogP contribution in [0.4, 0.5) is 4.39 Å². The van der Waals surface area contributed by atoms with Crippen LogP contribution in [0.25, 0.3) is 0 Å². The fraction of sp³-hybridized carbons (Fsp3) is 0.556. The standard InChI is InChI=1S/C18H27FN6O.ClH/c1-12(2)16(20)8-9-24(4)18(26)17(25-13(3)21-22-23-25)11-14-6-5-7-15(19)10-14;/h5-7,10,12,16-17H,8-9,11,20H2,1-4H3;1H. The van der Waals surface area contributed by atoms with Crippen molar-refractivity contribution in [3.63, 3.8) is 0 Å². The molecule has 0 aliphatic carbocycles. The third-order valence-corrected chi connectivity index (χ3v) is 4.59. The zero-order chi connectivity index (χ0) is 19.3. The Kier molecular flexibility index (Phi) is 8.78. The molecule has 0 aliphatic heterocycles. The Morgan fingerprint density at radius 3 is 2.63 bits per heavy atom. The van der Waals surface area contributed by atoms with Crippen molar-refractivity contribution in [1.82, 2.24) is 25.1 Å². The van der Waals surface area contributed by atoms with Gasteiger partial charge in [0.05, 0.1) is 0 Å². The number of amides is 1. The normalized spacial score (nSPS) is 13.1. The molecule has 0 saturated heterocycles. The van der Waals surface area contributed by atoms with E-state index in [1.54, 1.807) is 31.0 Å². The first-order valence-electron chi connectivity index (χ1n) is 8.79. The van der Waals surface area contributed by atoms with Gasteiger partial charge in [-0.2, -0.15) is 0 Å². The fourth-order valence-electron chi connectivity index (χ4n) is 2.73. The summed E-state index contributed by atoms with van der Waals surface area (Å²) in [6, 6.07) is 5.62. The Morgan fingerprint density at radius 2 is 2.07 bits per heavy atom. The van der Waals surface area contributed by atoms with Crippen LogP contribution in [-0.2, 0) is 11.2 Å². The van der Waals surface area contributed by atoms with Crippen LogP contribution in [0.3, 0.4) is 0 Å². The molecule has 1 aromatic carbocycles. The largest absolute Gasteiger partial charge is 0.344 e. The molecule has 9 heteroatoms. The fourth-order valence-corrected chi connectivity index (χ4v) is 2.73. The first-order valence-corrected chi connectivity index (χ1v) is 8.79. The maximum Gasteiger partial charge on any atom is 0.247 e. The molecule has 0 fully saturated rings. The highest BCUT2D eigenvalue weighted by Gasteiger charge is 2.27. The number of rotatable bonds is 8. The van der Waals surface area contributed by atoms with Gasteiger partial charge in [-0.05, 0) is 47.4 Å². The predicted octanol–water partition coefficient (Wildman–Crippen LogP) is 2.16. The third-order valence-electron chi connectivity index (χ3n) is 4.59. The van der Waals surface area contributed by atoms with Gasteiger partial charge in [0, 0.05) is 26.1 Å². The van der Waals surface area contributed by atoms with Crippen LogP contribution in [-0.4, -0.2) is 50.6 Å². The summed E-state index contributed by atoms with van der Waals surface area (Å²) in [5.74, 6) is 0.425. The van der Waals surface area contributed by atoms with E-state index in [1.165, 1.54) is 16.8 Å². The predicted molar refractivity (Wildman–Crippen MR) is 104 cm³/mol. The maximum absolute atomic E-state index is 13.5. The van der Waals surface area contributed by atoms with Crippen molar-refractivity contribution in [3.05, 3.63) is 41.5 Å². The molecule has 27 heavy (non-hydrogen) atoms. The van der Waals surface area contributed by atoms with Crippen molar-refractivity contribution < 1.29 is 9.18 Å². The second-order valence-corrected chi connectivity index (χ2v) is 6.98. The molecule has 7 nitrogen and oxygen atoms in total. The number of hydrogen-bond acceptors (Lipinski definition) is 5. The molecule has 2 aromatic rings. The Morgan fingerprint density at radius 1 is 1.37 bits per heavy atom. The molecule has 1 aromatic heterocycles. The number of halogens is 2. The molecule has 0 radical (unpaired) electrons. The molecule has 0 saturated carbocycles. The van der Waals surface area contributed by atoms with Crippen LogP contribution in [0.2, 0.25) is 0 Å². The van der Waals surface area contributed by atoms with E-state index in [-0.39, 0.29) is 30.2 Å². The van der Waals surface area contributed by atoms with Crippen LogP contribution in [0.15, 0.2) is 24.3 Å². The molecule has 1 amide bonds. The number of hydrogen-bond donors (Lipinski definition) is 1. The molecule has 2 unspecified atom stereocenters. The smallest absolute Gasteiger partial charge is 0.247 e. The average molecular weight is 399 g/mol. The number of carbonyl (C=O) groups excluding carboxylic acids is 1. The monoisotopic (exact) mass is 398 g/mol. The van der Waals surface area contributed by atoms with E-state index < -0.39 is 6.04 Å². The molecule has 1 heterocycles. The van der Waals surface area contributed by atoms with E-state index in [9.17, 15) is 9.18 Å². The SMILES string of the molecule is Cc1nnnn1C(Cc1cccc(F)c1)C(=O)N(C)CCC(N)C(C)C.Cl. The van der Waals surface area contributed by atoms with Crippen LogP contribution >= 0.6 is 12.4 Å². The van der Waals surface area contributed by atoms with Gasteiger partial charge in [-0.1, -0.05) is 26.0 Å². The number of tetrazole rings is 1. The Bertz CT molecular complexity index is 738. The summed E-state index contributed by atoms with van der Waals surface area (Å²) in [6.07, 6.45) is 1.02. The summed E-state index contributed by atoms with van der Waals surface area (Å²) in [4.78, 5) is 14.7. The first kappa shape index (κ1) is 23.0. The molecule has 0 spiro atoms. The minimum Gasteiger partial charge on any atom is -0.344 e. The quantitative estimate of drug-likeness (QED) is 0.735. The number of nitrogens with zero attached hydrogens (tertiary/aromatic N) is 5. The second-order valence-electron chi connectivity index (χ2n) is 6.98. The van der Waals surface area contributed by atoms with E-state index >= 15 is 0 Å². The van der Waals surface area contributed by atoms with Crippen molar-refractivity contribution in [2.45, 2.75) is 45.7 Å². The second kappa shape index (κ2) is 10.3. The van der Waals surface area contributed by atoms with Crippen molar-refractivity contribution >= 4 is 18.3 Å². The van der Waals surface area contributed by atoms with E-state index in [4.69, 9.17) is 5.73 Å². The van der Waals surface area contributed by atoms with Crippen LogP contribution in [0.5, 0.6) is 0 Å². The minimum atomic E-state index is -0.632. The molecule has 2 N–H and O–H groups in total. The lowest BCUT2D eigenvalue weighted by Gasteiger charge is -2.26. The van der Waals surface area contributed by atoms with Gasteiger partial charge in [-0.15, -0.1) is 17.5 Å². The summed E-state index contributed by atoms with van der Waals surface area (Å²) in [5.41, 5.74) is 6.80. The van der Waals surface area contributed by atoms with Crippen LogP contribution in [0, 0.1) is 18.7 Å². The van der Waals surface area contributed by atoms with E-state index in [2.05, 4.69) is 29.4 Å². The Balaban J connectivity index is 0.00000364. The topological polar surface area (TPSA) is 89.9 Å². The van der Waals surface area contributed by atoms with Crippen molar-refractivity contribution in [2.24, 2.45) is 11.7 Å². The highest BCUT2D eigenvalue weighted by molar-refractivity contribution is 5.85. The van der Waals surface area contributed by atoms with Gasteiger partial charge in [0.2, 0.25) is 5.91 Å². The van der Waals surface area contributed by atoms with Crippen LogP contribution < -0.4 is 5.73 Å². The minimum absolute atomic E-state index is 0. The van der Waals surface area contributed by atoms with E-state index in [0.29, 0.717) is 36.7 Å². The molecule has 2 rings (SSSR count). The average Bonchev–Trinajstić information content (AvgIpc) is 3.02. The first-order chi connectivity index (χ1) is 12.3. The zero-order valence-corrected chi connectivity index (χ0v) is 17.0. The lowest BCUT2D eigenvalue weighted by molar-refractivity contribution is -0.134. The molecule has 0 bridgehead atoms. The maximum atomic E-state index is 13.5. The van der Waals surface area contributed by atoms with Gasteiger partial charge in [0.1, 0.15) is 17.7 Å². The summed E-state index contributed by atoms with van der Waals surface area (Å²) in [5, 5.41) is 11.5. The van der Waals surface area contributed by atoms with Gasteiger partial charge >= 0.3 is 0 Å². The van der Waals surface area contributed by atoms with E-state index in [0.717, 1.165) is 0 Å². The number of likely N-dealkylation sites (N-methyl/N-ethyl adjacent to an activating group) is 1. The molecular formula is C18H28ClFN6O. The van der Waals surface area contributed by atoms with Gasteiger partial charge in [-0.3, -0.25) is 4.79 Å². The summed E-state index contributed by atoms with van der Waals surface area (Å²) in [7, 11) is 1.74. The number of aryl methyl sites for hydroxylation is 1. The van der Waals surface area contributed by atoms with Crippen molar-refractivity contribution in [1.29, 1.82) is 0 Å².